The van der Waals surface area contributed by atoms with Crippen molar-refractivity contribution in [1.29, 1.82) is 0 Å². The fourth-order valence-corrected chi connectivity index (χ4v) is 3.68. The zero-order chi connectivity index (χ0) is 19.0. The van der Waals surface area contributed by atoms with Crippen LogP contribution in [0.25, 0.3) is 21.5 Å². The number of aromatic hydroxyl groups is 1. The highest BCUT2D eigenvalue weighted by Gasteiger charge is 2.26. The van der Waals surface area contributed by atoms with Gasteiger partial charge in [0.05, 0.1) is 41.7 Å². The van der Waals surface area contributed by atoms with Crippen LogP contribution in [0.2, 0.25) is 10.0 Å². The fraction of sp³-hybridized carbons (Fsp3) is 0.200. The number of nitrogens with zero attached hydrogens (tertiary/aromatic N) is 2. The minimum Gasteiger partial charge on any atom is -0.505 e. The van der Waals surface area contributed by atoms with E-state index in [2.05, 4.69) is 4.98 Å². The average Bonchev–Trinajstić information content (AvgIpc) is 3.07. The molecule has 0 aliphatic rings. The van der Waals surface area contributed by atoms with Crippen LogP contribution in [0.1, 0.15) is 1.37 Å². The second-order valence-corrected chi connectivity index (χ2v) is 6.58. The number of hydrogen-bond acceptors (Lipinski definition) is 5. The molecule has 0 aliphatic carbocycles. The summed E-state index contributed by atoms with van der Waals surface area (Å²) in [7, 11) is -0.526. The largest absolute Gasteiger partial charge is 0.505 e. The van der Waals surface area contributed by atoms with Gasteiger partial charge in [0.1, 0.15) is 16.2 Å². The van der Waals surface area contributed by atoms with Crippen LogP contribution in [0.3, 0.4) is 0 Å². The van der Waals surface area contributed by atoms with E-state index in [1.165, 1.54) is 17.6 Å². The third kappa shape index (κ3) is 2.94. The maximum atomic E-state index is 13.0. The van der Waals surface area contributed by atoms with Crippen molar-refractivity contribution in [2.45, 2.75) is 13.0 Å². The lowest BCUT2D eigenvalue weighted by atomic mass is 10.0. The van der Waals surface area contributed by atoms with Gasteiger partial charge in [-0.2, -0.15) is 0 Å². The Morgan fingerprint density at radius 3 is 2.80 bits per heavy atom. The molecule has 25 heavy (non-hydrogen) atoms. The summed E-state index contributed by atoms with van der Waals surface area (Å²) in [5.41, 5.74) is -0.0375. The maximum absolute atomic E-state index is 13.0. The Balaban J connectivity index is 2.44. The lowest BCUT2D eigenvalue weighted by molar-refractivity contribution is 0.126. The van der Waals surface area contributed by atoms with Crippen molar-refractivity contribution in [1.82, 2.24) is 9.55 Å². The summed E-state index contributed by atoms with van der Waals surface area (Å²) in [4.78, 5) is 16.8. The van der Waals surface area contributed by atoms with E-state index in [0.717, 1.165) is 15.9 Å². The molecule has 0 spiro atoms. The zero-order valence-corrected chi connectivity index (χ0v) is 14.6. The summed E-state index contributed by atoms with van der Waals surface area (Å²) in [5, 5.41) is 10.7. The number of aromatic nitrogens is 2. The Morgan fingerprint density at radius 1 is 1.40 bits per heavy atom. The maximum Gasteiger partial charge on any atom is 0.264 e. The first-order valence-corrected chi connectivity index (χ1v) is 8.37. The van der Waals surface area contributed by atoms with Crippen LogP contribution in [-0.2, 0) is 6.54 Å². The van der Waals surface area contributed by atoms with Crippen molar-refractivity contribution in [2.24, 2.45) is 0 Å². The standard InChI is InChI=1S/C15H10Cl2F2N2O3S/c1-24-12-7(17)3-2-6(16)9(12)10-11(22)13-14(20-5-25-13)21(15(10)23)4-8(18)19/h2-3,5,8,22H,4H2,1H3/i1D. The molecule has 1 aromatic carbocycles. The predicted molar refractivity (Wildman–Crippen MR) is 93.6 cm³/mol. The van der Waals surface area contributed by atoms with Gasteiger partial charge in [0, 0.05) is 0 Å². The molecule has 0 saturated heterocycles. The molecular formula is C15H10Cl2F2N2O3S. The molecule has 2 aromatic heterocycles. The van der Waals surface area contributed by atoms with Crippen LogP contribution in [0.4, 0.5) is 8.78 Å². The summed E-state index contributed by atoms with van der Waals surface area (Å²) in [6, 6.07) is 2.78. The van der Waals surface area contributed by atoms with E-state index in [-0.39, 0.29) is 37.3 Å². The van der Waals surface area contributed by atoms with E-state index >= 15 is 0 Å². The molecule has 5 nitrogen and oxygen atoms in total. The highest BCUT2D eigenvalue weighted by atomic mass is 35.5. The van der Waals surface area contributed by atoms with Crippen LogP contribution < -0.4 is 10.3 Å². The summed E-state index contributed by atoms with van der Waals surface area (Å²) in [6.07, 6.45) is -2.81. The molecule has 10 heteroatoms. The van der Waals surface area contributed by atoms with Crippen LogP contribution in [0.15, 0.2) is 22.4 Å². The minimum absolute atomic E-state index is 0.0118. The minimum atomic E-state index is -2.81. The van der Waals surface area contributed by atoms with Gasteiger partial charge in [-0.3, -0.25) is 9.36 Å². The topological polar surface area (TPSA) is 64.3 Å². The Labute approximate surface area is 155 Å². The third-order valence-corrected chi connectivity index (χ3v) is 4.92. The van der Waals surface area contributed by atoms with Crippen molar-refractivity contribution < 1.29 is 20.0 Å². The molecule has 0 amide bonds. The lowest BCUT2D eigenvalue weighted by Crippen LogP contribution is -2.25. The number of benzene rings is 1. The fourth-order valence-electron chi connectivity index (χ4n) is 2.48. The van der Waals surface area contributed by atoms with Gasteiger partial charge < -0.3 is 9.84 Å². The number of pyridine rings is 1. The molecule has 0 bridgehead atoms. The molecule has 2 heterocycles. The van der Waals surface area contributed by atoms with E-state index in [1.807, 2.05) is 0 Å². The zero-order valence-electron chi connectivity index (χ0n) is 13.3. The van der Waals surface area contributed by atoms with Crippen LogP contribution in [0, 0.1) is 0 Å². The Kier molecular flexibility index (Phi) is 4.49. The van der Waals surface area contributed by atoms with Gasteiger partial charge in [-0.25, -0.2) is 13.8 Å². The first-order valence-electron chi connectivity index (χ1n) is 7.45. The van der Waals surface area contributed by atoms with E-state index < -0.39 is 31.4 Å². The van der Waals surface area contributed by atoms with E-state index in [0.29, 0.717) is 0 Å². The average molecular weight is 408 g/mol. The van der Waals surface area contributed by atoms with Crippen molar-refractivity contribution in [3.8, 4) is 22.6 Å². The lowest BCUT2D eigenvalue weighted by Gasteiger charge is -2.15. The van der Waals surface area contributed by atoms with Crippen LogP contribution >= 0.6 is 34.5 Å². The van der Waals surface area contributed by atoms with Crippen molar-refractivity contribution in [3.05, 3.63) is 38.0 Å². The first-order chi connectivity index (χ1) is 12.4. The number of hydrogen-bond donors (Lipinski definition) is 1. The molecule has 0 radical (unpaired) electrons. The number of methoxy groups -OCH3 is 1. The van der Waals surface area contributed by atoms with Crippen molar-refractivity contribution >= 4 is 44.9 Å². The van der Waals surface area contributed by atoms with Crippen LogP contribution in [-0.4, -0.2) is 28.2 Å². The summed E-state index contributed by atoms with van der Waals surface area (Å²) >= 11 is 13.2. The van der Waals surface area contributed by atoms with E-state index in [4.69, 9.17) is 29.3 Å². The number of fused-ring (bicyclic) bond motifs is 1. The number of thiazole rings is 1. The summed E-state index contributed by atoms with van der Waals surface area (Å²) in [6.45, 7) is -0.904. The number of alkyl halides is 2. The number of ether oxygens (including phenoxy) is 1. The first kappa shape index (κ1) is 16.6. The van der Waals surface area contributed by atoms with Crippen LogP contribution in [0.5, 0.6) is 11.5 Å². The highest BCUT2D eigenvalue weighted by molar-refractivity contribution is 7.17. The van der Waals surface area contributed by atoms with Gasteiger partial charge in [0.2, 0.25) is 0 Å². The molecule has 1 N–H and O–H groups in total. The molecule has 0 unspecified atom stereocenters. The Hall–Kier alpha value is -1.90. The summed E-state index contributed by atoms with van der Waals surface area (Å²) < 4.78 is 39.3. The van der Waals surface area contributed by atoms with E-state index in [1.54, 1.807) is 0 Å². The van der Waals surface area contributed by atoms with Gasteiger partial charge in [0.25, 0.3) is 12.0 Å². The molecule has 132 valence electrons. The summed E-state index contributed by atoms with van der Waals surface area (Å²) in [5.74, 6) is -0.550. The second kappa shape index (κ2) is 6.78. The number of halogens is 4. The second-order valence-electron chi connectivity index (χ2n) is 4.91. The molecule has 0 fully saturated rings. The van der Waals surface area contributed by atoms with Crippen molar-refractivity contribution in [3.63, 3.8) is 0 Å². The molecule has 0 atom stereocenters. The van der Waals surface area contributed by atoms with E-state index in [9.17, 15) is 18.7 Å². The molecule has 0 saturated carbocycles. The quantitative estimate of drug-likeness (QED) is 0.695. The third-order valence-electron chi connectivity index (χ3n) is 3.49. The predicted octanol–water partition coefficient (Wildman–Crippen LogP) is 4.41. The smallest absolute Gasteiger partial charge is 0.264 e. The Bertz CT molecular complexity index is 1040. The van der Waals surface area contributed by atoms with Crippen molar-refractivity contribution in [2.75, 3.05) is 7.09 Å². The monoisotopic (exact) mass is 407 g/mol. The van der Waals surface area contributed by atoms with Gasteiger partial charge >= 0.3 is 0 Å². The molecule has 0 aliphatic heterocycles. The molecule has 3 aromatic rings. The number of rotatable bonds is 4. The molecule has 3 rings (SSSR count). The van der Waals surface area contributed by atoms with Gasteiger partial charge in [-0.05, 0) is 12.1 Å². The SMILES string of the molecule is [2H]COc1c(Cl)ccc(Cl)c1-c1c(O)c2scnc2n(CC(F)F)c1=O. The van der Waals surface area contributed by atoms with Gasteiger partial charge in [-0.15, -0.1) is 11.3 Å². The normalized spacial score (nSPS) is 12.0. The Morgan fingerprint density at radius 2 is 2.12 bits per heavy atom. The van der Waals surface area contributed by atoms with Gasteiger partial charge in [0.15, 0.2) is 5.65 Å². The molecular weight excluding hydrogens is 397 g/mol. The van der Waals surface area contributed by atoms with Gasteiger partial charge in [-0.1, -0.05) is 23.2 Å². The highest BCUT2D eigenvalue weighted by Crippen LogP contribution is 2.45.